The molecule has 0 saturated carbocycles. The number of carbonyl (C=O) groups is 1. The first-order chi connectivity index (χ1) is 6.09. The quantitative estimate of drug-likeness (QED) is 0.560. The van der Waals surface area contributed by atoms with E-state index in [2.05, 4.69) is 0 Å². The lowest BCUT2D eigenvalue weighted by molar-refractivity contribution is -0.496. The van der Waals surface area contributed by atoms with Gasteiger partial charge in [-0.05, 0) is 12.1 Å². The molecule has 0 fully saturated rings. The Balaban J connectivity index is 2.91. The number of hydrogen-bond acceptors (Lipinski definition) is 3. The summed E-state index contributed by atoms with van der Waals surface area (Å²) in [7, 11) is 0. The van der Waals surface area contributed by atoms with Crippen LogP contribution in [0.2, 0.25) is 0 Å². The average Bonchev–Trinajstić information content (AvgIpc) is 2.03. The van der Waals surface area contributed by atoms with Crippen LogP contribution in [0.1, 0.15) is 15.9 Å². The van der Waals surface area contributed by atoms with Crippen LogP contribution < -0.4 is 0 Å². The molecule has 0 aliphatic heterocycles. The topological polar surface area (TPSA) is 80.4 Å². The summed E-state index contributed by atoms with van der Waals surface area (Å²) in [6.07, 6.45) is 0. The molecule has 0 unspecified atom stereocenters. The maximum atomic E-state index is 10.5. The Hall–Kier alpha value is -1.91. The van der Waals surface area contributed by atoms with Crippen LogP contribution in [-0.4, -0.2) is 16.0 Å². The SMILES string of the molecule is O=C(O)c1cccc(C[N+](=O)[O-])c1. The van der Waals surface area contributed by atoms with Gasteiger partial charge in [-0.2, -0.15) is 0 Å². The number of rotatable bonds is 3. The van der Waals surface area contributed by atoms with Gasteiger partial charge in [0.15, 0.2) is 0 Å². The molecule has 1 aromatic carbocycles. The van der Waals surface area contributed by atoms with Crippen molar-refractivity contribution in [2.45, 2.75) is 6.54 Å². The van der Waals surface area contributed by atoms with Crippen molar-refractivity contribution in [3.8, 4) is 0 Å². The largest absolute Gasteiger partial charge is 0.478 e. The zero-order valence-electron chi connectivity index (χ0n) is 6.64. The smallest absolute Gasteiger partial charge is 0.335 e. The van der Waals surface area contributed by atoms with Gasteiger partial charge in [0.25, 0.3) is 0 Å². The number of benzene rings is 1. The summed E-state index contributed by atoms with van der Waals surface area (Å²) in [6.45, 7) is -0.346. The molecular weight excluding hydrogens is 174 g/mol. The molecule has 0 spiro atoms. The highest BCUT2D eigenvalue weighted by molar-refractivity contribution is 5.87. The van der Waals surface area contributed by atoms with E-state index in [9.17, 15) is 14.9 Å². The van der Waals surface area contributed by atoms with Gasteiger partial charge in [0.2, 0.25) is 6.54 Å². The van der Waals surface area contributed by atoms with Crippen molar-refractivity contribution in [3.63, 3.8) is 0 Å². The number of hydrogen-bond donors (Lipinski definition) is 1. The fourth-order valence-electron chi connectivity index (χ4n) is 0.952. The van der Waals surface area contributed by atoms with Crippen LogP contribution in [0.15, 0.2) is 24.3 Å². The van der Waals surface area contributed by atoms with Crippen LogP contribution in [-0.2, 0) is 6.54 Å². The molecule has 1 rings (SSSR count). The van der Waals surface area contributed by atoms with Crippen molar-refractivity contribution in [3.05, 3.63) is 45.5 Å². The Bertz CT molecular complexity index is 348. The molecule has 0 amide bonds. The van der Waals surface area contributed by atoms with Crippen molar-refractivity contribution in [1.82, 2.24) is 0 Å². The standard InChI is InChI=1S/C8H7NO4/c10-8(11)7-3-1-2-6(4-7)5-9(12)13/h1-4H,5H2,(H,10,11). The van der Waals surface area contributed by atoms with Crippen molar-refractivity contribution >= 4 is 5.97 Å². The molecule has 13 heavy (non-hydrogen) atoms. The average molecular weight is 181 g/mol. The minimum absolute atomic E-state index is 0.0688. The molecule has 5 heteroatoms. The lowest BCUT2D eigenvalue weighted by atomic mass is 10.1. The van der Waals surface area contributed by atoms with Crippen molar-refractivity contribution in [1.29, 1.82) is 0 Å². The molecule has 68 valence electrons. The zero-order valence-corrected chi connectivity index (χ0v) is 6.64. The van der Waals surface area contributed by atoms with Gasteiger partial charge in [-0.15, -0.1) is 0 Å². The van der Waals surface area contributed by atoms with Crippen LogP contribution >= 0.6 is 0 Å². The summed E-state index contributed by atoms with van der Waals surface area (Å²) in [4.78, 5) is 20.1. The Morgan fingerprint density at radius 1 is 1.54 bits per heavy atom. The third kappa shape index (κ3) is 2.55. The van der Waals surface area contributed by atoms with Crippen molar-refractivity contribution < 1.29 is 14.8 Å². The Morgan fingerprint density at radius 3 is 2.77 bits per heavy atom. The van der Waals surface area contributed by atoms with Gasteiger partial charge in [0.1, 0.15) is 0 Å². The molecular formula is C8H7NO4. The molecule has 0 saturated heterocycles. The van der Waals surface area contributed by atoms with Gasteiger partial charge in [0.05, 0.1) is 5.56 Å². The lowest BCUT2D eigenvalue weighted by Gasteiger charge is -1.96. The Morgan fingerprint density at radius 2 is 2.23 bits per heavy atom. The number of nitro groups is 1. The first kappa shape index (κ1) is 9.18. The number of nitrogens with zero attached hydrogens (tertiary/aromatic N) is 1. The summed E-state index contributed by atoms with van der Waals surface area (Å²) in [6, 6.07) is 5.70. The van der Waals surface area contributed by atoms with E-state index in [1.54, 1.807) is 0 Å². The van der Waals surface area contributed by atoms with Gasteiger partial charge >= 0.3 is 5.97 Å². The second kappa shape index (κ2) is 3.66. The molecule has 0 radical (unpaired) electrons. The molecule has 5 nitrogen and oxygen atoms in total. The van der Waals surface area contributed by atoms with Gasteiger partial charge in [-0.1, -0.05) is 12.1 Å². The van der Waals surface area contributed by atoms with E-state index in [0.717, 1.165) is 0 Å². The first-order valence-electron chi connectivity index (χ1n) is 3.53. The van der Waals surface area contributed by atoms with E-state index in [1.165, 1.54) is 24.3 Å². The van der Waals surface area contributed by atoms with Crippen LogP contribution in [0, 0.1) is 10.1 Å². The maximum Gasteiger partial charge on any atom is 0.335 e. The van der Waals surface area contributed by atoms with E-state index in [-0.39, 0.29) is 12.1 Å². The monoisotopic (exact) mass is 181 g/mol. The van der Waals surface area contributed by atoms with Crippen molar-refractivity contribution in [2.75, 3.05) is 0 Å². The minimum Gasteiger partial charge on any atom is -0.478 e. The molecule has 0 aliphatic rings. The number of carboxylic acid groups (broad SMARTS) is 1. The molecule has 1 aromatic rings. The first-order valence-corrected chi connectivity index (χ1v) is 3.53. The summed E-state index contributed by atoms with van der Waals surface area (Å²) in [5.74, 6) is -1.08. The lowest BCUT2D eigenvalue weighted by Crippen LogP contribution is -2.01. The minimum atomic E-state index is -1.08. The van der Waals surface area contributed by atoms with Crippen LogP contribution in [0.25, 0.3) is 0 Å². The third-order valence-corrected chi connectivity index (χ3v) is 1.49. The predicted molar refractivity (Wildman–Crippen MR) is 44.1 cm³/mol. The number of aromatic carboxylic acids is 1. The van der Waals surface area contributed by atoms with Gasteiger partial charge in [-0.3, -0.25) is 10.1 Å². The Labute approximate surface area is 73.8 Å². The zero-order chi connectivity index (χ0) is 9.84. The van der Waals surface area contributed by atoms with Crippen LogP contribution in [0.4, 0.5) is 0 Å². The third-order valence-electron chi connectivity index (χ3n) is 1.49. The fourth-order valence-corrected chi connectivity index (χ4v) is 0.952. The van der Waals surface area contributed by atoms with E-state index in [0.29, 0.717) is 5.56 Å². The van der Waals surface area contributed by atoms with Gasteiger partial charge < -0.3 is 5.11 Å². The van der Waals surface area contributed by atoms with E-state index in [1.807, 2.05) is 0 Å². The molecule has 1 N–H and O–H groups in total. The molecule has 0 bridgehead atoms. The normalized spacial score (nSPS) is 9.54. The number of carboxylic acids is 1. The highest BCUT2D eigenvalue weighted by atomic mass is 16.6. The summed E-state index contributed by atoms with van der Waals surface area (Å²) < 4.78 is 0. The molecule has 0 aromatic heterocycles. The van der Waals surface area contributed by atoms with E-state index in [4.69, 9.17) is 5.11 Å². The van der Waals surface area contributed by atoms with E-state index >= 15 is 0 Å². The van der Waals surface area contributed by atoms with Gasteiger partial charge in [0, 0.05) is 10.5 Å². The van der Waals surface area contributed by atoms with E-state index < -0.39 is 10.9 Å². The molecule has 0 atom stereocenters. The Kier molecular flexibility index (Phi) is 2.59. The van der Waals surface area contributed by atoms with Crippen LogP contribution in [0.5, 0.6) is 0 Å². The highest BCUT2D eigenvalue weighted by Gasteiger charge is 2.06. The molecule has 0 heterocycles. The van der Waals surface area contributed by atoms with Gasteiger partial charge in [-0.25, -0.2) is 4.79 Å². The fraction of sp³-hybridized carbons (Fsp3) is 0.125. The predicted octanol–water partition coefficient (Wildman–Crippen LogP) is 1.16. The maximum absolute atomic E-state index is 10.5. The highest BCUT2D eigenvalue weighted by Crippen LogP contribution is 2.05. The van der Waals surface area contributed by atoms with Crippen LogP contribution in [0.3, 0.4) is 0 Å². The van der Waals surface area contributed by atoms with Crippen molar-refractivity contribution in [2.24, 2.45) is 0 Å². The second-order valence-electron chi connectivity index (χ2n) is 2.50. The molecule has 0 aliphatic carbocycles. The summed E-state index contributed by atoms with van der Waals surface area (Å²) in [5, 5.41) is 18.7. The summed E-state index contributed by atoms with van der Waals surface area (Å²) >= 11 is 0. The second-order valence-corrected chi connectivity index (χ2v) is 2.50. The summed E-state index contributed by atoms with van der Waals surface area (Å²) in [5.41, 5.74) is 0.462.